The minimum Gasteiger partial charge on any atom is -0.318 e. The Labute approximate surface area is 112 Å². The summed E-state index contributed by atoms with van der Waals surface area (Å²) in [5, 5.41) is 0. The van der Waals surface area contributed by atoms with Crippen LogP contribution in [-0.2, 0) is 5.54 Å². The van der Waals surface area contributed by atoms with Gasteiger partial charge in [0, 0.05) is 6.07 Å². The molecule has 19 heavy (non-hydrogen) atoms. The standard InChI is InChI=1S/C16H17F2N/c1-10-4-5-15(11(2)6-10)16(3,19)12-7-13(17)9-14(18)8-12/h4-9H,19H2,1-3H3. The van der Waals surface area contributed by atoms with E-state index < -0.39 is 17.2 Å². The molecule has 100 valence electrons. The molecular formula is C16H17F2N. The third kappa shape index (κ3) is 2.66. The van der Waals surface area contributed by atoms with Crippen molar-refractivity contribution >= 4 is 0 Å². The Morgan fingerprint density at radius 2 is 1.53 bits per heavy atom. The Balaban J connectivity index is 2.57. The Bertz CT molecular complexity index is 598. The van der Waals surface area contributed by atoms with Gasteiger partial charge in [-0.25, -0.2) is 8.78 Å². The van der Waals surface area contributed by atoms with Gasteiger partial charge in [-0.05, 0) is 49.6 Å². The largest absolute Gasteiger partial charge is 0.318 e. The van der Waals surface area contributed by atoms with Gasteiger partial charge in [-0.3, -0.25) is 0 Å². The summed E-state index contributed by atoms with van der Waals surface area (Å²) < 4.78 is 26.7. The average Bonchev–Trinajstić information content (AvgIpc) is 2.26. The van der Waals surface area contributed by atoms with E-state index in [9.17, 15) is 8.78 Å². The fourth-order valence-corrected chi connectivity index (χ4v) is 2.41. The average molecular weight is 261 g/mol. The van der Waals surface area contributed by atoms with E-state index in [-0.39, 0.29) is 0 Å². The first kappa shape index (κ1) is 13.7. The van der Waals surface area contributed by atoms with Crippen LogP contribution in [-0.4, -0.2) is 0 Å². The van der Waals surface area contributed by atoms with Crippen molar-refractivity contribution in [2.75, 3.05) is 0 Å². The van der Waals surface area contributed by atoms with Crippen molar-refractivity contribution in [2.24, 2.45) is 5.73 Å². The molecule has 0 bridgehead atoms. The first-order valence-electron chi connectivity index (χ1n) is 6.14. The summed E-state index contributed by atoms with van der Waals surface area (Å²) >= 11 is 0. The molecule has 3 heteroatoms. The van der Waals surface area contributed by atoms with Crippen LogP contribution in [0, 0.1) is 25.5 Å². The molecule has 1 nitrogen and oxygen atoms in total. The van der Waals surface area contributed by atoms with Gasteiger partial charge in [0.25, 0.3) is 0 Å². The third-order valence-corrected chi connectivity index (χ3v) is 3.40. The molecule has 0 aliphatic rings. The van der Waals surface area contributed by atoms with Crippen molar-refractivity contribution in [3.8, 4) is 0 Å². The molecule has 0 aliphatic heterocycles. The van der Waals surface area contributed by atoms with Gasteiger partial charge in [-0.1, -0.05) is 23.8 Å². The number of halogens is 2. The zero-order valence-electron chi connectivity index (χ0n) is 11.3. The van der Waals surface area contributed by atoms with Crippen LogP contribution in [0.1, 0.15) is 29.2 Å². The van der Waals surface area contributed by atoms with Crippen LogP contribution >= 0.6 is 0 Å². The quantitative estimate of drug-likeness (QED) is 0.874. The molecule has 0 saturated heterocycles. The lowest BCUT2D eigenvalue weighted by atomic mass is 9.83. The summed E-state index contributed by atoms with van der Waals surface area (Å²) in [6, 6.07) is 9.28. The first-order valence-corrected chi connectivity index (χ1v) is 6.14. The van der Waals surface area contributed by atoms with Crippen LogP contribution in [0.5, 0.6) is 0 Å². The first-order chi connectivity index (χ1) is 8.80. The van der Waals surface area contributed by atoms with Crippen molar-refractivity contribution in [1.29, 1.82) is 0 Å². The second-order valence-corrected chi connectivity index (χ2v) is 5.18. The van der Waals surface area contributed by atoms with Gasteiger partial charge in [-0.15, -0.1) is 0 Å². The van der Waals surface area contributed by atoms with Crippen molar-refractivity contribution in [3.05, 3.63) is 70.3 Å². The van der Waals surface area contributed by atoms with E-state index >= 15 is 0 Å². The number of hydrogen-bond donors (Lipinski definition) is 1. The second kappa shape index (κ2) is 4.74. The summed E-state index contributed by atoms with van der Waals surface area (Å²) in [6.07, 6.45) is 0. The number of nitrogens with two attached hydrogens (primary N) is 1. The minimum absolute atomic E-state index is 0.428. The summed E-state index contributed by atoms with van der Waals surface area (Å²) in [6.45, 7) is 5.70. The van der Waals surface area contributed by atoms with Gasteiger partial charge < -0.3 is 5.73 Å². The lowest BCUT2D eigenvalue weighted by molar-refractivity contribution is 0.549. The summed E-state index contributed by atoms with van der Waals surface area (Å²) in [5.74, 6) is -1.23. The fourth-order valence-electron chi connectivity index (χ4n) is 2.41. The van der Waals surface area contributed by atoms with Crippen LogP contribution in [0.4, 0.5) is 8.78 Å². The van der Waals surface area contributed by atoms with E-state index in [1.54, 1.807) is 6.92 Å². The number of benzene rings is 2. The molecule has 0 radical (unpaired) electrons. The Kier molecular flexibility index (Phi) is 3.42. The molecular weight excluding hydrogens is 244 g/mol. The van der Waals surface area contributed by atoms with Crippen LogP contribution in [0.2, 0.25) is 0 Å². The van der Waals surface area contributed by atoms with Gasteiger partial charge in [-0.2, -0.15) is 0 Å². The maximum absolute atomic E-state index is 13.3. The maximum atomic E-state index is 13.3. The molecule has 2 rings (SSSR count). The third-order valence-electron chi connectivity index (χ3n) is 3.40. The second-order valence-electron chi connectivity index (χ2n) is 5.18. The highest BCUT2D eigenvalue weighted by molar-refractivity contribution is 5.43. The molecule has 0 aromatic heterocycles. The molecule has 0 spiro atoms. The molecule has 0 amide bonds. The number of rotatable bonds is 2. The van der Waals surface area contributed by atoms with Crippen molar-refractivity contribution < 1.29 is 8.78 Å². The Morgan fingerprint density at radius 3 is 2.05 bits per heavy atom. The zero-order chi connectivity index (χ0) is 14.2. The van der Waals surface area contributed by atoms with E-state index in [1.165, 1.54) is 12.1 Å². The highest BCUT2D eigenvalue weighted by Crippen LogP contribution is 2.30. The lowest BCUT2D eigenvalue weighted by Crippen LogP contribution is -2.35. The predicted octanol–water partition coefficient (Wildman–Crippen LogP) is 3.80. The Morgan fingerprint density at radius 1 is 0.947 bits per heavy atom. The van der Waals surface area contributed by atoms with Crippen molar-refractivity contribution in [3.63, 3.8) is 0 Å². The predicted molar refractivity (Wildman–Crippen MR) is 72.9 cm³/mol. The van der Waals surface area contributed by atoms with Crippen LogP contribution < -0.4 is 5.73 Å². The molecule has 2 aromatic rings. The summed E-state index contributed by atoms with van der Waals surface area (Å²) in [7, 11) is 0. The van der Waals surface area contributed by atoms with Gasteiger partial charge >= 0.3 is 0 Å². The van der Waals surface area contributed by atoms with E-state index in [4.69, 9.17) is 5.73 Å². The van der Waals surface area contributed by atoms with Gasteiger partial charge in [0.05, 0.1) is 5.54 Å². The molecule has 0 fully saturated rings. The van der Waals surface area contributed by atoms with E-state index in [0.717, 1.165) is 22.8 Å². The van der Waals surface area contributed by atoms with Crippen LogP contribution in [0.3, 0.4) is 0 Å². The normalized spacial score (nSPS) is 14.2. The molecule has 0 aliphatic carbocycles. The van der Waals surface area contributed by atoms with Crippen molar-refractivity contribution in [1.82, 2.24) is 0 Å². The van der Waals surface area contributed by atoms with E-state index in [1.807, 2.05) is 32.0 Å². The highest BCUT2D eigenvalue weighted by Gasteiger charge is 2.26. The van der Waals surface area contributed by atoms with Gasteiger partial charge in [0.1, 0.15) is 11.6 Å². The summed E-state index contributed by atoms with van der Waals surface area (Å²) in [4.78, 5) is 0. The number of aryl methyl sites for hydroxylation is 2. The molecule has 0 saturated carbocycles. The van der Waals surface area contributed by atoms with E-state index in [2.05, 4.69) is 0 Å². The minimum atomic E-state index is -0.930. The molecule has 1 unspecified atom stereocenters. The fraction of sp³-hybridized carbons (Fsp3) is 0.250. The summed E-state index contributed by atoms with van der Waals surface area (Å²) in [5.41, 5.74) is 8.81. The van der Waals surface area contributed by atoms with Crippen LogP contribution in [0.25, 0.3) is 0 Å². The van der Waals surface area contributed by atoms with Gasteiger partial charge in [0.15, 0.2) is 0 Å². The molecule has 2 N–H and O–H groups in total. The molecule has 0 heterocycles. The maximum Gasteiger partial charge on any atom is 0.126 e. The molecule has 1 atom stereocenters. The lowest BCUT2D eigenvalue weighted by Gasteiger charge is -2.28. The topological polar surface area (TPSA) is 26.0 Å². The van der Waals surface area contributed by atoms with Crippen LogP contribution in [0.15, 0.2) is 36.4 Å². The smallest absolute Gasteiger partial charge is 0.126 e. The van der Waals surface area contributed by atoms with Gasteiger partial charge in [0.2, 0.25) is 0 Å². The molecule has 2 aromatic carbocycles. The number of hydrogen-bond acceptors (Lipinski definition) is 1. The monoisotopic (exact) mass is 261 g/mol. The van der Waals surface area contributed by atoms with Crippen molar-refractivity contribution in [2.45, 2.75) is 26.3 Å². The van der Waals surface area contributed by atoms with E-state index in [0.29, 0.717) is 5.56 Å². The zero-order valence-corrected chi connectivity index (χ0v) is 11.3. The SMILES string of the molecule is Cc1ccc(C(C)(N)c2cc(F)cc(F)c2)c(C)c1. The Hall–Kier alpha value is -1.74. The highest BCUT2D eigenvalue weighted by atomic mass is 19.1.